The van der Waals surface area contributed by atoms with Crippen molar-refractivity contribution in [2.75, 3.05) is 0 Å². The molecule has 1 aromatic heterocycles. The van der Waals surface area contributed by atoms with Gasteiger partial charge in [-0.15, -0.1) is 11.3 Å². The Labute approximate surface area is 105 Å². The van der Waals surface area contributed by atoms with Crippen LogP contribution in [0.25, 0.3) is 0 Å². The van der Waals surface area contributed by atoms with Crippen molar-refractivity contribution in [2.45, 2.75) is 26.4 Å². The molecule has 0 aliphatic heterocycles. The minimum absolute atomic E-state index is 0.270. The van der Waals surface area contributed by atoms with Crippen LogP contribution in [-0.2, 0) is 6.42 Å². The molecule has 0 radical (unpaired) electrons. The lowest BCUT2D eigenvalue weighted by Gasteiger charge is -2.09. The molecule has 0 spiro atoms. The van der Waals surface area contributed by atoms with Crippen LogP contribution in [0.5, 0.6) is 0 Å². The van der Waals surface area contributed by atoms with E-state index < -0.39 is 6.10 Å². The monoisotopic (exact) mass is 250 g/mol. The van der Waals surface area contributed by atoms with Crippen LogP contribution in [0.4, 0.5) is 4.39 Å². The van der Waals surface area contributed by atoms with Crippen molar-refractivity contribution in [3.63, 3.8) is 0 Å². The van der Waals surface area contributed by atoms with E-state index in [0.717, 1.165) is 11.3 Å². The van der Waals surface area contributed by atoms with Crippen LogP contribution in [0, 0.1) is 12.7 Å². The summed E-state index contributed by atoms with van der Waals surface area (Å²) in [6.07, 6.45) is 0.232. The van der Waals surface area contributed by atoms with E-state index in [-0.39, 0.29) is 5.82 Å². The predicted octanol–water partition coefficient (Wildman–Crippen LogP) is 3.84. The van der Waals surface area contributed by atoms with Crippen molar-refractivity contribution in [3.05, 3.63) is 57.0 Å². The Bertz CT molecular complexity index is 519. The van der Waals surface area contributed by atoms with E-state index in [1.807, 2.05) is 12.1 Å². The quantitative estimate of drug-likeness (QED) is 0.877. The maximum absolute atomic E-state index is 13.4. The van der Waals surface area contributed by atoms with Crippen molar-refractivity contribution in [1.82, 2.24) is 0 Å². The molecule has 3 heteroatoms. The van der Waals surface area contributed by atoms with Crippen molar-refractivity contribution < 1.29 is 9.50 Å². The maximum atomic E-state index is 13.4. The van der Waals surface area contributed by atoms with Crippen molar-refractivity contribution in [2.24, 2.45) is 0 Å². The van der Waals surface area contributed by atoms with Crippen molar-refractivity contribution in [1.29, 1.82) is 0 Å². The van der Waals surface area contributed by atoms with E-state index in [1.165, 1.54) is 10.9 Å². The second-order valence-electron chi connectivity index (χ2n) is 4.07. The molecule has 1 atom stereocenters. The molecule has 0 saturated heterocycles. The molecule has 1 aromatic carbocycles. The number of benzene rings is 1. The Balaban J connectivity index is 2.29. The molecule has 1 nitrogen and oxygen atoms in total. The summed E-state index contributed by atoms with van der Waals surface area (Å²) in [6.45, 7) is 3.79. The molecule has 0 aliphatic rings. The zero-order chi connectivity index (χ0) is 12.4. The van der Waals surface area contributed by atoms with E-state index in [9.17, 15) is 9.50 Å². The first kappa shape index (κ1) is 12.3. The number of aliphatic hydroxyl groups is 1. The molecule has 0 fully saturated rings. The van der Waals surface area contributed by atoms with E-state index in [4.69, 9.17) is 0 Å². The zero-order valence-electron chi connectivity index (χ0n) is 9.90. The van der Waals surface area contributed by atoms with Crippen LogP contribution < -0.4 is 0 Å². The number of hydrogen-bond acceptors (Lipinski definition) is 2. The summed E-state index contributed by atoms with van der Waals surface area (Å²) >= 11 is 1.57. The zero-order valence-corrected chi connectivity index (χ0v) is 10.7. The minimum Gasteiger partial charge on any atom is -0.383 e. The lowest BCUT2D eigenvalue weighted by molar-refractivity contribution is 0.223. The maximum Gasteiger partial charge on any atom is 0.126 e. The summed E-state index contributed by atoms with van der Waals surface area (Å²) in [6, 6.07) is 8.79. The summed E-state index contributed by atoms with van der Waals surface area (Å²) in [5.74, 6) is -0.270. The molecule has 90 valence electrons. The van der Waals surface area contributed by atoms with Crippen molar-refractivity contribution >= 4 is 11.3 Å². The third-order valence-corrected chi connectivity index (χ3v) is 4.09. The molecule has 0 amide bonds. The molecular formula is C14H15FOS. The molecule has 2 aromatic rings. The van der Waals surface area contributed by atoms with Gasteiger partial charge in [0.1, 0.15) is 11.9 Å². The van der Waals surface area contributed by atoms with Crippen LogP contribution in [0.15, 0.2) is 30.3 Å². The van der Waals surface area contributed by atoms with E-state index >= 15 is 0 Å². The average Bonchev–Trinajstić information content (AvgIpc) is 2.80. The van der Waals surface area contributed by atoms with E-state index in [1.54, 1.807) is 30.4 Å². The van der Waals surface area contributed by atoms with E-state index in [0.29, 0.717) is 11.1 Å². The van der Waals surface area contributed by atoms with Gasteiger partial charge in [0.15, 0.2) is 0 Å². The van der Waals surface area contributed by atoms with E-state index in [2.05, 4.69) is 6.92 Å². The molecule has 1 heterocycles. The highest BCUT2D eigenvalue weighted by Gasteiger charge is 2.14. The highest BCUT2D eigenvalue weighted by molar-refractivity contribution is 7.12. The number of thiophene rings is 1. The fraction of sp³-hybridized carbons (Fsp3) is 0.286. The first-order valence-corrected chi connectivity index (χ1v) is 6.46. The molecule has 0 aliphatic carbocycles. The number of halogens is 1. The third kappa shape index (κ3) is 2.56. The van der Waals surface area contributed by atoms with Gasteiger partial charge in [-0.25, -0.2) is 4.39 Å². The SMILES string of the molecule is CCc1ccc(C(O)c2ccc(C)c(F)c2)s1. The third-order valence-electron chi connectivity index (χ3n) is 2.81. The molecule has 0 saturated carbocycles. The average molecular weight is 250 g/mol. The van der Waals surface area contributed by atoms with Crippen LogP contribution in [0.3, 0.4) is 0 Å². The van der Waals surface area contributed by atoms with Gasteiger partial charge in [0, 0.05) is 9.75 Å². The Hall–Kier alpha value is -1.19. The summed E-state index contributed by atoms with van der Waals surface area (Å²) in [7, 11) is 0. The molecule has 17 heavy (non-hydrogen) atoms. The fourth-order valence-electron chi connectivity index (χ4n) is 1.67. The van der Waals surface area contributed by atoms with Gasteiger partial charge >= 0.3 is 0 Å². The number of aliphatic hydroxyl groups excluding tert-OH is 1. The summed E-state index contributed by atoms with van der Waals surface area (Å²) < 4.78 is 13.4. The molecule has 1 N–H and O–H groups in total. The van der Waals surface area contributed by atoms with Crippen LogP contribution >= 0.6 is 11.3 Å². The smallest absolute Gasteiger partial charge is 0.126 e. The normalized spacial score (nSPS) is 12.7. The van der Waals surface area contributed by atoms with Crippen LogP contribution in [0.1, 0.15) is 33.9 Å². The highest BCUT2D eigenvalue weighted by atomic mass is 32.1. The van der Waals surface area contributed by atoms with Gasteiger partial charge in [0.25, 0.3) is 0 Å². The largest absolute Gasteiger partial charge is 0.383 e. The van der Waals surface area contributed by atoms with Crippen LogP contribution in [0.2, 0.25) is 0 Å². The first-order chi connectivity index (χ1) is 8.11. The second kappa shape index (κ2) is 4.98. The minimum atomic E-state index is -0.726. The van der Waals surface area contributed by atoms with Crippen molar-refractivity contribution in [3.8, 4) is 0 Å². The topological polar surface area (TPSA) is 20.2 Å². The van der Waals surface area contributed by atoms with Gasteiger partial charge < -0.3 is 5.11 Å². The Morgan fingerprint density at radius 1 is 1.29 bits per heavy atom. The van der Waals surface area contributed by atoms with Gasteiger partial charge in [-0.3, -0.25) is 0 Å². The molecule has 1 unspecified atom stereocenters. The Morgan fingerprint density at radius 2 is 2.06 bits per heavy atom. The summed E-state index contributed by atoms with van der Waals surface area (Å²) in [5, 5.41) is 10.2. The molecule has 0 bridgehead atoms. The number of aryl methyl sites for hydroxylation is 2. The van der Waals surface area contributed by atoms with Gasteiger partial charge in [0.2, 0.25) is 0 Å². The number of hydrogen-bond donors (Lipinski definition) is 1. The Morgan fingerprint density at radius 3 is 2.65 bits per heavy atom. The number of rotatable bonds is 3. The second-order valence-corrected chi connectivity index (χ2v) is 5.27. The highest BCUT2D eigenvalue weighted by Crippen LogP contribution is 2.29. The van der Waals surface area contributed by atoms with Gasteiger partial charge in [-0.1, -0.05) is 19.1 Å². The predicted molar refractivity (Wildman–Crippen MR) is 68.9 cm³/mol. The molecule has 2 rings (SSSR count). The lowest BCUT2D eigenvalue weighted by Crippen LogP contribution is -1.98. The summed E-state index contributed by atoms with van der Waals surface area (Å²) in [5.41, 5.74) is 1.21. The van der Waals surface area contributed by atoms with Gasteiger partial charge in [0.05, 0.1) is 0 Å². The van der Waals surface area contributed by atoms with Gasteiger partial charge in [-0.2, -0.15) is 0 Å². The van der Waals surface area contributed by atoms with Gasteiger partial charge in [-0.05, 0) is 42.7 Å². The standard InChI is InChI=1S/C14H15FOS/c1-3-11-6-7-13(17-11)14(16)10-5-4-9(2)12(15)8-10/h4-8,14,16H,3H2,1-2H3. The lowest BCUT2D eigenvalue weighted by atomic mass is 10.1. The first-order valence-electron chi connectivity index (χ1n) is 5.64. The summed E-state index contributed by atoms with van der Waals surface area (Å²) in [4.78, 5) is 2.09. The fourth-order valence-corrected chi connectivity index (χ4v) is 2.64. The van der Waals surface area contributed by atoms with Crippen LogP contribution in [-0.4, -0.2) is 5.11 Å². The molecular weight excluding hydrogens is 235 g/mol. The Kier molecular flexibility index (Phi) is 3.60.